The van der Waals surface area contributed by atoms with Crippen LogP contribution in [0.5, 0.6) is 0 Å². The van der Waals surface area contributed by atoms with E-state index in [-0.39, 0.29) is 10.8 Å². The third-order valence-corrected chi connectivity index (χ3v) is 6.08. The molecule has 1 aromatic carbocycles. The van der Waals surface area contributed by atoms with Crippen molar-refractivity contribution in [2.75, 3.05) is 0 Å². The summed E-state index contributed by atoms with van der Waals surface area (Å²) in [4.78, 5) is 5.96. The number of thiazole rings is 1. The first kappa shape index (κ1) is 15.6. The van der Waals surface area contributed by atoms with Crippen LogP contribution in [-0.2, 0) is 17.3 Å². The Morgan fingerprint density at radius 2 is 1.77 bits per heavy atom. The van der Waals surface area contributed by atoms with Gasteiger partial charge in [0.25, 0.3) is 0 Å². The maximum Gasteiger partial charge on any atom is 0.0981 e. The van der Waals surface area contributed by atoms with Gasteiger partial charge in [-0.1, -0.05) is 52.8 Å². The molecule has 2 heterocycles. The van der Waals surface area contributed by atoms with Crippen LogP contribution in [0.15, 0.2) is 30.5 Å². The van der Waals surface area contributed by atoms with E-state index >= 15 is 0 Å². The molecular weight excluding hydrogens is 308 g/mol. The fourth-order valence-corrected chi connectivity index (χ4v) is 4.77. The predicted octanol–water partition coefficient (Wildman–Crippen LogP) is 5.57. The molecule has 0 saturated heterocycles. The molecule has 0 N–H and O–H groups in total. The smallest absolute Gasteiger partial charge is 0.0981 e. The Kier molecular flexibility index (Phi) is 3.86. The standard InChI is InChI=1S/C18H22N2S2/c1-17(2,3)16-19-11-12(21-16)10-18(4,5)15-13-8-6-7-9-14(13)22-20-15/h6-9,11H,10H2,1-5H3. The zero-order valence-corrected chi connectivity index (χ0v) is 15.4. The maximum atomic E-state index is 4.74. The SMILES string of the molecule is CC(C)(C)c1ncc(CC(C)(C)c2nsc3ccccc23)s1. The molecular formula is C18H22N2S2. The number of fused-ring (bicyclic) bond motifs is 1. The van der Waals surface area contributed by atoms with Gasteiger partial charge in [-0.15, -0.1) is 11.3 Å². The average molecular weight is 331 g/mol. The molecule has 2 aromatic heterocycles. The second-order valence-corrected chi connectivity index (χ2v) is 9.39. The first-order valence-corrected chi connectivity index (χ1v) is 9.16. The number of hydrogen-bond acceptors (Lipinski definition) is 4. The van der Waals surface area contributed by atoms with Gasteiger partial charge in [-0.05, 0) is 24.0 Å². The summed E-state index contributed by atoms with van der Waals surface area (Å²) in [5.41, 5.74) is 1.35. The van der Waals surface area contributed by atoms with Crippen LogP contribution in [0.4, 0.5) is 0 Å². The molecule has 0 aliphatic rings. The van der Waals surface area contributed by atoms with E-state index in [0.717, 1.165) is 6.42 Å². The molecule has 22 heavy (non-hydrogen) atoms. The molecule has 3 rings (SSSR count). The van der Waals surface area contributed by atoms with Gasteiger partial charge in [-0.3, -0.25) is 0 Å². The molecule has 0 unspecified atom stereocenters. The maximum absolute atomic E-state index is 4.74. The first-order chi connectivity index (χ1) is 10.3. The summed E-state index contributed by atoms with van der Waals surface area (Å²) in [5.74, 6) is 0. The van der Waals surface area contributed by atoms with Gasteiger partial charge in [-0.2, -0.15) is 4.37 Å². The Bertz CT molecular complexity index is 791. The van der Waals surface area contributed by atoms with E-state index in [0.29, 0.717) is 0 Å². The third-order valence-electron chi connectivity index (χ3n) is 3.83. The third kappa shape index (κ3) is 2.95. The monoisotopic (exact) mass is 330 g/mol. The van der Waals surface area contributed by atoms with Crippen LogP contribution in [0.3, 0.4) is 0 Å². The lowest BCUT2D eigenvalue weighted by molar-refractivity contribution is 0.519. The van der Waals surface area contributed by atoms with Crippen molar-refractivity contribution in [3.63, 3.8) is 0 Å². The van der Waals surface area contributed by atoms with Crippen molar-refractivity contribution in [1.29, 1.82) is 0 Å². The van der Waals surface area contributed by atoms with E-state index in [1.165, 1.54) is 25.7 Å². The number of nitrogens with zero attached hydrogens (tertiary/aromatic N) is 2. The summed E-state index contributed by atoms with van der Waals surface area (Å²) in [6, 6.07) is 8.51. The Morgan fingerprint density at radius 3 is 2.45 bits per heavy atom. The van der Waals surface area contributed by atoms with Crippen molar-refractivity contribution in [2.45, 2.75) is 51.9 Å². The topological polar surface area (TPSA) is 25.8 Å². The predicted molar refractivity (Wildman–Crippen MR) is 97.2 cm³/mol. The summed E-state index contributed by atoms with van der Waals surface area (Å²) in [7, 11) is 0. The number of rotatable bonds is 3. The van der Waals surface area contributed by atoms with Gasteiger partial charge in [-0.25, -0.2) is 4.98 Å². The number of aromatic nitrogens is 2. The van der Waals surface area contributed by atoms with Crippen LogP contribution in [0.25, 0.3) is 10.1 Å². The van der Waals surface area contributed by atoms with Gasteiger partial charge in [0.15, 0.2) is 0 Å². The van der Waals surface area contributed by atoms with E-state index in [9.17, 15) is 0 Å². The number of benzene rings is 1. The fraction of sp³-hybridized carbons (Fsp3) is 0.444. The molecule has 0 aliphatic heterocycles. The van der Waals surface area contributed by atoms with Crippen molar-refractivity contribution < 1.29 is 0 Å². The van der Waals surface area contributed by atoms with Crippen molar-refractivity contribution in [1.82, 2.24) is 9.36 Å². The molecule has 0 saturated carbocycles. The highest BCUT2D eigenvalue weighted by Crippen LogP contribution is 2.36. The van der Waals surface area contributed by atoms with Gasteiger partial charge in [0.1, 0.15) is 0 Å². The van der Waals surface area contributed by atoms with Crippen LogP contribution < -0.4 is 0 Å². The highest BCUT2D eigenvalue weighted by atomic mass is 32.1. The molecule has 0 amide bonds. The van der Waals surface area contributed by atoms with Crippen molar-refractivity contribution in [3.8, 4) is 0 Å². The van der Waals surface area contributed by atoms with E-state index in [4.69, 9.17) is 4.37 Å². The first-order valence-electron chi connectivity index (χ1n) is 7.57. The molecule has 0 aliphatic carbocycles. The van der Waals surface area contributed by atoms with E-state index in [2.05, 4.69) is 63.9 Å². The van der Waals surface area contributed by atoms with E-state index in [1.54, 1.807) is 11.5 Å². The number of hydrogen-bond donors (Lipinski definition) is 0. The van der Waals surface area contributed by atoms with Crippen LogP contribution >= 0.6 is 22.9 Å². The Labute approximate surface area is 140 Å². The fourth-order valence-electron chi connectivity index (χ4n) is 2.63. The van der Waals surface area contributed by atoms with Gasteiger partial charge in [0.05, 0.1) is 15.4 Å². The van der Waals surface area contributed by atoms with Gasteiger partial charge >= 0.3 is 0 Å². The summed E-state index contributed by atoms with van der Waals surface area (Å²) in [6.07, 6.45) is 3.02. The molecule has 116 valence electrons. The summed E-state index contributed by atoms with van der Waals surface area (Å²) < 4.78 is 6.01. The second-order valence-electron chi connectivity index (χ2n) is 7.47. The van der Waals surface area contributed by atoms with Crippen LogP contribution in [-0.4, -0.2) is 9.36 Å². The normalized spacial score (nSPS) is 13.0. The molecule has 4 heteroatoms. The molecule has 0 bridgehead atoms. The summed E-state index contributed by atoms with van der Waals surface area (Å²) >= 11 is 3.43. The minimum absolute atomic E-state index is 0.0152. The van der Waals surface area contributed by atoms with Crippen LogP contribution in [0, 0.1) is 0 Å². The zero-order valence-electron chi connectivity index (χ0n) is 13.8. The van der Waals surface area contributed by atoms with E-state index in [1.807, 2.05) is 17.5 Å². The lowest BCUT2D eigenvalue weighted by Crippen LogP contribution is -2.20. The summed E-state index contributed by atoms with van der Waals surface area (Å²) in [5, 5.41) is 2.50. The average Bonchev–Trinajstić information content (AvgIpc) is 3.03. The molecule has 2 nitrogen and oxygen atoms in total. The van der Waals surface area contributed by atoms with Gasteiger partial charge in [0, 0.05) is 27.3 Å². The Morgan fingerprint density at radius 1 is 1.05 bits per heavy atom. The van der Waals surface area contributed by atoms with Crippen molar-refractivity contribution in [3.05, 3.63) is 46.0 Å². The Balaban J connectivity index is 1.92. The Hall–Kier alpha value is -1.26. The lowest BCUT2D eigenvalue weighted by Gasteiger charge is -2.22. The highest BCUT2D eigenvalue weighted by Gasteiger charge is 2.28. The minimum Gasteiger partial charge on any atom is -0.249 e. The lowest BCUT2D eigenvalue weighted by atomic mass is 9.83. The minimum atomic E-state index is 0.0152. The molecule has 0 spiro atoms. The highest BCUT2D eigenvalue weighted by molar-refractivity contribution is 7.13. The molecule has 3 aromatic rings. The zero-order chi connectivity index (χ0) is 16.0. The van der Waals surface area contributed by atoms with Crippen molar-refractivity contribution in [2.24, 2.45) is 0 Å². The van der Waals surface area contributed by atoms with Crippen LogP contribution in [0.2, 0.25) is 0 Å². The molecule has 0 radical (unpaired) electrons. The van der Waals surface area contributed by atoms with Gasteiger partial charge in [0.2, 0.25) is 0 Å². The second kappa shape index (κ2) is 5.43. The summed E-state index contributed by atoms with van der Waals surface area (Å²) in [6.45, 7) is 11.2. The quantitative estimate of drug-likeness (QED) is 0.627. The van der Waals surface area contributed by atoms with E-state index < -0.39 is 0 Å². The van der Waals surface area contributed by atoms with Gasteiger partial charge < -0.3 is 0 Å². The molecule has 0 atom stereocenters. The van der Waals surface area contributed by atoms with Crippen molar-refractivity contribution >= 4 is 33.0 Å². The molecule has 0 fully saturated rings. The largest absolute Gasteiger partial charge is 0.249 e. The van der Waals surface area contributed by atoms with Crippen LogP contribution in [0.1, 0.15) is 50.2 Å².